The molecule has 0 aliphatic heterocycles. The molecule has 2 unspecified atom stereocenters. The number of fused-ring (bicyclic) bond motifs is 2. The number of carbonyl (C=O) groups is 2. The normalized spacial score (nSPS) is 11.8. The Labute approximate surface area is 256 Å². The summed E-state index contributed by atoms with van der Waals surface area (Å²) < 4.78 is 35.4. The highest BCUT2D eigenvalue weighted by Crippen LogP contribution is 2.21. The van der Waals surface area contributed by atoms with Gasteiger partial charge in [-0.05, 0) is 47.5 Å². The highest BCUT2D eigenvalue weighted by Gasteiger charge is 2.20. The monoisotopic (exact) mass is 648 g/mol. The summed E-state index contributed by atoms with van der Waals surface area (Å²) in [5, 5.41) is 8.52. The van der Waals surface area contributed by atoms with Crippen LogP contribution in [0.5, 0.6) is 0 Å². The van der Waals surface area contributed by atoms with Crippen molar-refractivity contribution in [2.45, 2.75) is 44.6 Å². The molecular weight excluding hydrogens is 609 g/mol. The second-order valence-corrected chi connectivity index (χ2v) is 17.4. The van der Waals surface area contributed by atoms with Gasteiger partial charge in [0.2, 0.25) is 0 Å². The van der Waals surface area contributed by atoms with Crippen LogP contribution in [0, 0.1) is 11.6 Å². The van der Waals surface area contributed by atoms with Gasteiger partial charge in [0.25, 0.3) is 0 Å². The zero-order valence-corrected chi connectivity index (χ0v) is 27.1. The molecule has 8 N–H and O–H groups in total. The molecule has 0 aliphatic rings. The van der Waals surface area contributed by atoms with Crippen LogP contribution in [-0.4, -0.2) is 67.8 Å². The Morgan fingerprint density at radius 3 is 1.67 bits per heavy atom. The van der Waals surface area contributed by atoms with Crippen LogP contribution in [0.15, 0.2) is 48.8 Å². The first kappa shape index (κ1) is 39.0. The lowest BCUT2D eigenvalue weighted by Gasteiger charge is -2.07. The van der Waals surface area contributed by atoms with Crippen LogP contribution in [0.25, 0.3) is 21.8 Å². The average Bonchev–Trinajstić information content (AvgIpc) is 3.51. The number of carbonyl (C=O) groups excluding carboxylic acids is 2. The molecule has 9 nitrogen and oxygen atoms in total. The molecule has 0 radical (unpaired) electrons. The van der Waals surface area contributed by atoms with E-state index in [-0.39, 0.29) is 30.0 Å². The first-order valence-electron chi connectivity index (χ1n) is 12.6. The molecule has 2 heterocycles. The van der Waals surface area contributed by atoms with E-state index < -0.39 is 25.4 Å². The van der Waals surface area contributed by atoms with Crippen molar-refractivity contribution >= 4 is 52.2 Å². The topological polar surface area (TPSA) is 158 Å². The number of halogens is 4. The molecule has 14 heteroatoms. The number of aromatic amines is 2. The molecule has 4 aromatic rings. The van der Waals surface area contributed by atoms with Crippen molar-refractivity contribution in [3.63, 3.8) is 0 Å². The predicted octanol–water partition coefficient (Wildman–Crippen LogP) is 0.655. The largest absolute Gasteiger partial charge is 1.00 e. The minimum absolute atomic E-state index is 0. The van der Waals surface area contributed by atoms with Crippen molar-refractivity contribution in [2.75, 3.05) is 21.3 Å². The lowest BCUT2D eigenvalue weighted by molar-refractivity contribution is -0.407. The zero-order valence-electron chi connectivity index (χ0n) is 24.6. The molecule has 234 valence electrons. The van der Waals surface area contributed by atoms with Crippen LogP contribution >= 0.6 is 11.1 Å². The van der Waals surface area contributed by atoms with Crippen molar-refractivity contribution in [1.29, 1.82) is 0 Å². The van der Waals surface area contributed by atoms with Gasteiger partial charge in [0.1, 0.15) is 25.1 Å². The average molecular weight is 650 g/mol. The van der Waals surface area contributed by atoms with E-state index in [1.165, 1.54) is 38.5 Å². The quantitative estimate of drug-likeness (QED) is 0.117. The third-order valence-corrected chi connectivity index (χ3v) is 5.40. The standard InChI is InChI=1S/2C12H13FN2O2.C3H9ClSi.CH4O.ClH/c2*1-17-12(16)10(14)4-7-6-15-11-3-2-8(13)5-9(7)11;1-5(2,3)4;1-2;/h2*2-3,5-6,10,15H,4,14H2,1H3;1-3H3;2H,1H3;1H. The number of hydrogen-bond acceptors (Lipinski definition) is 6. The molecule has 0 bridgehead atoms. The Kier molecular flexibility index (Phi) is 17.2. The molecule has 2 aromatic heterocycles. The van der Waals surface area contributed by atoms with Gasteiger partial charge in [-0.3, -0.25) is 4.79 Å². The number of H-pyrrole nitrogens is 2. The number of ether oxygens (including phenoxy) is 2. The fraction of sp³-hybridized carbons (Fsp3) is 0.357. The molecule has 0 saturated carbocycles. The molecule has 42 heavy (non-hydrogen) atoms. The van der Waals surface area contributed by atoms with Crippen molar-refractivity contribution in [2.24, 2.45) is 5.73 Å². The fourth-order valence-corrected chi connectivity index (χ4v) is 3.63. The Hall–Kier alpha value is -3.00. The first-order valence-corrected chi connectivity index (χ1v) is 17.1. The molecule has 2 aromatic carbocycles. The molecular formula is C28H40Cl2F2N4O5Si. The van der Waals surface area contributed by atoms with Gasteiger partial charge in [-0.25, -0.2) is 13.6 Å². The predicted molar refractivity (Wildman–Crippen MR) is 160 cm³/mol. The number of aliphatic hydroxyl groups is 1. The summed E-state index contributed by atoms with van der Waals surface area (Å²) in [6, 6.07) is 7.75. The summed E-state index contributed by atoms with van der Waals surface area (Å²) >= 11 is 5.67. The van der Waals surface area contributed by atoms with Gasteiger partial charge < -0.3 is 48.4 Å². The number of nitrogens with one attached hydrogen (secondary N) is 2. The molecule has 0 amide bonds. The van der Waals surface area contributed by atoms with Crippen molar-refractivity contribution in [1.82, 2.24) is 9.97 Å². The van der Waals surface area contributed by atoms with Crippen molar-refractivity contribution in [3.05, 3.63) is 71.6 Å². The van der Waals surface area contributed by atoms with Gasteiger partial charge in [0.05, 0.1) is 14.2 Å². The zero-order chi connectivity index (χ0) is 31.3. The van der Waals surface area contributed by atoms with Gasteiger partial charge in [-0.15, -0.1) is 0 Å². The van der Waals surface area contributed by atoms with E-state index in [1.54, 1.807) is 24.5 Å². The van der Waals surface area contributed by atoms with E-state index in [4.69, 9.17) is 21.9 Å². The number of benzene rings is 2. The molecule has 0 aliphatic carbocycles. The number of hydrogen-bond donors (Lipinski definition) is 5. The molecule has 0 saturated heterocycles. The Bertz CT molecular complexity index is 1310. The molecule has 0 fully saturated rings. The van der Waals surface area contributed by atoms with Crippen LogP contribution in [-0.2, 0) is 31.9 Å². The van der Waals surface area contributed by atoms with Crippen LogP contribution in [0.4, 0.5) is 8.78 Å². The van der Waals surface area contributed by atoms with E-state index in [1.807, 2.05) is 0 Å². The summed E-state index contributed by atoms with van der Waals surface area (Å²) in [6.45, 7) is 6.28. The van der Waals surface area contributed by atoms with Crippen LogP contribution in [0.2, 0.25) is 19.6 Å². The second-order valence-electron chi connectivity index (χ2n) is 9.83. The van der Waals surface area contributed by atoms with Crippen LogP contribution in [0.3, 0.4) is 0 Å². The Morgan fingerprint density at radius 2 is 1.29 bits per heavy atom. The molecule has 0 spiro atoms. The fourth-order valence-electron chi connectivity index (χ4n) is 3.63. The number of rotatable bonds is 6. The van der Waals surface area contributed by atoms with Crippen molar-refractivity contribution < 1.29 is 51.1 Å². The van der Waals surface area contributed by atoms with Gasteiger partial charge in [0, 0.05) is 54.2 Å². The minimum Gasteiger partial charge on any atom is -1.00 e. The van der Waals surface area contributed by atoms with E-state index in [2.05, 4.69) is 44.8 Å². The van der Waals surface area contributed by atoms with Crippen LogP contribution in [0.1, 0.15) is 11.1 Å². The Morgan fingerprint density at radius 1 is 0.905 bits per heavy atom. The second kappa shape index (κ2) is 18.5. The SMILES string of the molecule is CO.COC(=O)C(N)Cc1c[nH]c2ccc(F)cc12.COC(=O)C([NH3+])Cc1c[nH]c2ccc(F)cc12.C[Si](C)(C)Cl.[Cl-]. The number of methoxy groups -OCH3 is 2. The number of nitrogens with two attached hydrogens (primary N) is 1. The lowest BCUT2D eigenvalue weighted by Crippen LogP contribution is -3.00. The summed E-state index contributed by atoms with van der Waals surface area (Å²) in [5.41, 5.74) is 12.7. The van der Waals surface area contributed by atoms with Gasteiger partial charge in [0.15, 0.2) is 6.04 Å². The van der Waals surface area contributed by atoms with E-state index in [9.17, 15) is 18.4 Å². The lowest BCUT2D eigenvalue weighted by atomic mass is 10.1. The maximum Gasteiger partial charge on any atom is 0.364 e. The number of quaternary nitrogens is 1. The van der Waals surface area contributed by atoms with Gasteiger partial charge in [-0.1, -0.05) is 19.6 Å². The summed E-state index contributed by atoms with van der Waals surface area (Å²) in [6.07, 6.45) is 4.24. The molecule has 4 rings (SSSR count). The summed E-state index contributed by atoms with van der Waals surface area (Å²) in [7, 11) is 2.48. The number of aromatic nitrogens is 2. The minimum atomic E-state index is -1.14. The van der Waals surface area contributed by atoms with E-state index >= 15 is 0 Å². The number of esters is 2. The highest BCUT2D eigenvalue weighted by molar-refractivity contribution is 7.18. The summed E-state index contributed by atoms with van der Waals surface area (Å²) in [5.74, 6) is -1.45. The maximum absolute atomic E-state index is 13.1. The summed E-state index contributed by atoms with van der Waals surface area (Å²) in [4.78, 5) is 28.5. The van der Waals surface area contributed by atoms with Crippen LogP contribution < -0.4 is 23.9 Å². The third-order valence-electron chi connectivity index (χ3n) is 5.40. The highest BCUT2D eigenvalue weighted by atomic mass is 35.6. The van der Waals surface area contributed by atoms with Crippen molar-refractivity contribution in [3.8, 4) is 0 Å². The third kappa shape index (κ3) is 12.9. The molecule has 2 atom stereocenters. The maximum atomic E-state index is 13.1. The van der Waals surface area contributed by atoms with E-state index in [0.717, 1.165) is 40.0 Å². The smallest absolute Gasteiger partial charge is 0.364 e. The Balaban J connectivity index is 0.000000645. The van der Waals surface area contributed by atoms with Gasteiger partial charge in [-0.2, -0.15) is 11.1 Å². The van der Waals surface area contributed by atoms with Gasteiger partial charge >= 0.3 is 11.9 Å². The first-order chi connectivity index (χ1) is 19.2. The van der Waals surface area contributed by atoms with E-state index in [0.29, 0.717) is 12.8 Å². The number of aliphatic hydroxyl groups excluding tert-OH is 1.